The normalized spacial score (nSPS) is 20.1. The highest BCUT2D eigenvalue weighted by Gasteiger charge is 2.37. The molecule has 0 bridgehead atoms. The Morgan fingerprint density at radius 3 is 3.00 bits per heavy atom. The van der Waals surface area contributed by atoms with Gasteiger partial charge < -0.3 is 10.2 Å². The standard InChI is InChI=1S/C18H18BrN3O2S/c19-14-3-1-2-12(6-14)15-10-25-18(20-15)21-17(24)13-7-16(23)22(9-13)8-11-4-5-11/h1-3,6,10-11,13H,4-5,7-9H2,(H,20,21,24). The number of nitrogens with one attached hydrogen (secondary N) is 1. The van der Waals surface area contributed by atoms with Crippen LogP contribution in [0.4, 0.5) is 5.13 Å². The van der Waals surface area contributed by atoms with Gasteiger partial charge in [-0.25, -0.2) is 4.98 Å². The Bertz CT molecular complexity index is 818. The lowest BCUT2D eigenvalue weighted by molar-refractivity contribution is -0.128. The number of amides is 2. The van der Waals surface area contributed by atoms with Gasteiger partial charge >= 0.3 is 0 Å². The predicted molar refractivity (Wildman–Crippen MR) is 101 cm³/mol. The summed E-state index contributed by atoms with van der Waals surface area (Å²) in [6, 6.07) is 7.89. The van der Waals surface area contributed by atoms with E-state index in [0.29, 0.717) is 24.0 Å². The highest BCUT2D eigenvalue weighted by molar-refractivity contribution is 9.10. The van der Waals surface area contributed by atoms with Crippen LogP contribution in [0.2, 0.25) is 0 Å². The van der Waals surface area contributed by atoms with Gasteiger partial charge in [0.25, 0.3) is 0 Å². The van der Waals surface area contributed by atoms with Gasteiger partial charge in [-0.3, -0.25) is 9.59 Å². The van der Waals surface area contributed by atoms with Crippen molar-refractivity contribution in [2.45, 2.75) is 19.3 Å². The Hall–Kier alpha value is -1.73. The van der Waals surface area contributed by atoms with Crippen LogP contribution in [0.15, 0.2) is 34.1 Å². The Morgan fingerprint density at radius 2 is 2.24 bits per heavy atom. The molecular weight excluding hydrogens is 402 g/mol. The third kappa shape index (κ3) is 3.93. The predicted octanol–water partition coefficient (Wildman–Crippen LogP) is 3.77. The zero-order chi connectivity index (χ0) is 17.4. The summed E-state index contributed by atoms with van der Waals surface area (Å²) in [7, 11) is 0. The lowest BCUT2D eigenvalue weighted by Crippen LogP contribution is -2.29. The summed E-state index contributed by atoms with van der Waals surface area (Å²) in [6.45, 7) is 1.35. The fraction of sp³-hybridized carbons (Fsp3) is 0.389. The number of carbonyl (C=O) groups excluding carboxylic acids is 2. The van der Waals surface area contributed by atoms with Crippen molar-refractivity contribution >= 4 is 44.2 Å². The minimum Gasteiger partial charge on any atom is -0.342 e. The summed E-state index contributed by atoms with van der Waals surface area (Å²) in [5.41, 5.74) is 1.83. The zero-order valence-corrected chi connectivity index (χ0v) is 16.0. The van der Waals surface area contributed by atoms with Crippen LogP contribution in [0.25, 0.3) is 11.3 Å². The molecule has 4 rings (SSSR count). The minimum absolute atomic E-state index is 0.0982. The Labute approximate surface area is 158 Å². The van der Waals surface area contributed by atoms with Crippen LogP contribution in [0.3, 0.4) is 0 Å². The fourth-order valence-electron chi connectivity index (χ4n) is 3.06. The molecule has 0 radical (unpaired) electrons. The number of benzene rings is 1. The highest BCUT2D eigenvalue weighted by atomic mass is 79.9. The van der Waals surface area contributed by atoms with Crippen LogP contribution in [-0.4, -0.2) is 34.8 Å². The Balaban J connectivity index is 1.39. The lowest BCUT2D eigenvalue weighted by atomic mass is 10.1. The quantitative estimate of drug-likeness (QED) is 0.801. The first-order valence-electron chi connectivity index (χ1n) is 8.38. The summed E-state index contributed by atoms with van der Waals surface area (Å²) >= 11 is 4.86. The van der Waals surface area contributed by atoms with E-state index in [1.165, 1.54) is 24.2 Å². The molecule has 1 aromatic heterocycles. The molecule has 5 nitrogen and oxygen atoms in total. The monoisotopic (exact) mass is 419 g/mol. The third-order valence-corrected chi connectivity index (χ3v) is 5.87. The van der Waals surface area contributed by atoms with E-state index in [9.17, 15) is 9.59 Å². The Kier molecular flexibility index (Phi) is 4.60. The Morgan fingerprint density at radius 1 is 1.40 bits per heavy atom. The van der Waals surface area contributed by atoms with E-state index in [1.807, 2.05) is 34.5 Å². The van der Waals surface area contributed by atoms with Gasteiger partial charge in [-0.1, -0.05) is 28.1 Å². The first-order valence-corrected chi connectivity index (χ1v) is 10.1. The number of hydrogen-bond donors (Lipinski definition) is 1. The maximum absolute atomic E-state index is 12.5. The molecule has 1 atom stereocenters. The van der Waals surface area contributed by atoms with Gasteiger partial charge in [0.1, 0.15) is 0 Å². The van der Waals surface area contributed by atoms with Crippen molar-refractivity contribution < 1.29 is 9.59 Å². The van der Waals surface area contributed by atoms with Gasteiger partial charge in [0, 0.05) is 34.9 Å². The number of thiazole rings is 1. The molecular formula is C18H18BrN3O2S. The van der Waals surface area contributed by atoms with E-state index < -0.39 is 0 Å². The number of likely N-dealkylation sites (tertiary alicyclic amines) is 1. The van der Waals surface area contributed by atoms with Crippen LogP contribution in [-0.2, 0) is 9.59 Å². The highest BCUT2D eigenvalue weighted by Crippen LogP contribution is 2.32. The second-order valence-electron chi connectivity index (χ2n) is 6.68. The van der Waals surface area contributed by atoms with E-state index >= 15 is 0 Å². The van der Waals surface area contributed by atoms with Gasteiger partial charge in [-0.05, 0) is 30.9 Å². The average molecular weight is 420 g/mol. The second kappa shape index (κ2) is 6.88. The molecule has 1 aromatic carbocycles. The molecule has 25 heavy (non-hydrogen) atoms. The molecule has 0 spiro atoms. The minimum atomic E-state index is -0.274. The summed E-state index contributed by atoms with van der Waals surface area (Å²) in [5, 5.41) is 5.38. The molecule has 2 aromatic rings. The van der Waals surface area contributed by atoms with Crippen molar-refractivity contribution in [1.29, 1.82) is 0 Å². The van der Waals surface area contributed by atoms with Gasteiger partial charge in [-0.15, -0.1) is 11.3 Å². The molecule has 1 aliphatic carbocycles. The van der Waals surface area contributed by atoms with Gasteiger partial charge in [0.15, 0.2) is 5.13 Å². The molecule has 2 aliphatic rings. The van der Waals surface area contributed by atoms with Gasteiger partial charge in [-0.2, -0.15) is 0 Å². The number of hydrogen-bond acceptors (Lipinski definition) is 4. The van der Waals surface area contributed by atoms with Crippen LogP contribution in [0, 0.1) is 11.8 Å². The molecule has 7 heteroatoms. The lowest BCUT2D eigenvalue weighted by Gasteiger charge is -2.15. The van der Waals surface area contributed by atoms with Crippen molar-refractivity contribution in [3.8, 4) is 11.3 Å². The molecule has 1 unspecified atom stereocenters. The second-order valence-corrected chi connectivity index (χ2v) is 8.45. The summed E-state index contributed by atoms with van der Waals surface area (Å²) in [6.07, 6.45) is 2.72. The van der Waals surface area contributed by atoms with E-state index in [1.54, 1.807) is 0 Å². The van der Waals surface area contributed by atoms with Crippen molar-refractivity contribution in [1.82, 2.24) is 9.88 Å². The van der Waals surface area contributed by atoms with Crippen molar-refractivity contribution in [3.05, 3.63) is 34.1 Å². The molecule has 1 saturated heterocycles. The van der Waals surface area contributed by atoms with Gasteiger partial charge in [0.05, 0.1) is 11.6 Å². The van der Waals surface area contributed by atoms with Crippen molar-refractivity contribution in [3.63, 3.8) is 0 Å². The van der Waals surface area contributed by atoms with E-state index in [4.69, 9.17) is 0 Å². The van der Waals surface area contributed by atoms with Crippen molar-refractivity contribution in [2.24, 2.45) is 11.8 Å². The number of halogens is 1. The molecule has 2 amide bonds. The van der Waals surface area contributed by atoms with Crippen LogP contribution < -0.4 is 5.32 Å². The largest absolute Gasteiger partial charge is 0.342 e. The van der Waals surface area contributed by atoms with Gasteiger partial charge in [0.2, 0.25) is 11.8 Å². The van der Waals surface area contributed by atoms with E-state index in [-0.39, 0.29) is 17.7 Å². The molecule has 1 N–H and O–H groups in total. The summed E-state index contributed by atoms with van der Waals surface area (Å²) in [4.78, 5) is 30.9. The number of anilines is 1. The average Bonchev–Trinajstić information content (AvgIpc) is 3.15. The molecule has 1 aliphatic heterocycles. The zero-order valence-electron chi connectivity index (χ0n) is 13.6. The maximum atomic E-state index is 12.5. The van der Waals surface area contributed by atoms with Crippen LogP contribution in [0.5, 0.6) is 0 Å². The molecule has 2 heterocycles. The molecule has 2 fully saturated rings. The third-order valence-electron chi connectivity index (χ3n) is 4.62. The summed E-state index contributed by atoms with van der Waals surface area (Å²) in [5.74, 6) is 0.366. The first-order chi connectivity index (χ1) is 12.1. The van der Waals surface area contributed by atoms with E-state index in [0.717, 1.165) is 22.3 Å². The number of carbonyl (C=O) groups is 2. The van der Waals surface area contributed by atoms with Crippen LogP contribution in [0.1, 0.15) is 19.3 Å². The van der Waals surface area contributed by atoms with Crippen LogP contribution >= 0.6 is 27.3 Å². The number of rotatable bonds is 5. The SMILES string of the molecule is O=C(Nc1nc(-c2cccc(Br)c2)cs1)C1CC(=O)N(CC2CC2)C1. The molecule has 130 valence electrons. The smallest absolute Gasteiger partial charge is 0.231 e. The topological polar surface area (TPSA) is 62.3 Å². The summed E-state index contributed by atoms with van der Waals surface area (Å²) < 4.78 is 0.990. The first kappa shape index (κ1) is 16.7. The van der Waals surface area contributed by atoms with E-state index in [2.05, 4.69) is 26.2 Å². The number of nitrogens with zero attached hydrogens (tertiary/aromatic N) is 2. The molecule has 1 saturated carbocycles. The number of aromatic nitrogens is 1. The fourth-order valence-corrected chi connectivity index (χ4v) is 4.18. The maximum Gasteiger partial charge on any atom is 0.231 e. The van der Waals surface area contributed by atoms with Crippen molar-refractivity contribution in [2.75, 3.05) is 18.4 Å².